The van der Waals surface area contributed by atoms with Crippen LogP contribution in [0.25, 0.3) is 0 Å². The van der Waals surface area contributed by atoms with Gasteiger partial charge in [0.05, 0.1) is 20.3 Å². The third-order valence-electron chi connectivity index (χ3n) is 3.80. The predicted octanol–water partition coefficient (Wildman–Crippen LogP) is 2.36. The molecular formula is C16H22N2O4S. The minimum atomic E-state index is -0.187. The maximum atomic E-state index is 12.1. The molecule has 1 aliphatic heterocycles. The van der Waals surface area contributed by atoms with E-state index in [9.17, 15) is 9.59 Å². The number of aryl methyl sites for hydroxylation is 1. The van der Waals surface area contributed by atoms with Crippen LogP contribution in [0.4, 0.5) is 4.79 Å². The van der Waals surface area contributed by atoms with Gasteiger partial charge in [-0.3, -0.25) is 9.59 Å². The Morgan fingerprint density at radius 1 is 1.35 bits per heavy atom. The number of ether oxygens (including phenoxy) is 2. The first kappa shape index (κ1) is 17.5. The summed E-state index contributed by atoms with van der Waals surface area (Å²) in [7, 11) is 3.17. The Morgan fingerprint density at radius 3 is 2.57 bits per heavy atom. The third-order valence-corrected chi connectivity index (χ3v) is 4.69. The number of nitrogens with zero attached hydrogens (tertiary/aromatic N) is 1. The molecule has 0 saturated carbocycles. The number of hydrogen-bond acceptors (Lipinski definition) is 5. The number of rotatable bonds is 6. The minimum absolute atomic E-state index is 0.0323. The largest absolute Gasteiger partial charge is 0.493 e. The lowest BCUT2D eigenvalue weighted by molar-refractivity contribution is -0.122. The summed E-state index contributed by atoms with van der Waals surface area (Å²) in [5.74, 6) is 1.87. The van der Waals surface area contributed by atoms with Gasteiger partial charge in [-0.15, -0.1) is 0 Å². The van der Waals surface area contributed by atoms with Crippen molar-refractivity contribution >= 4 is 22.9 Å². The predicted molar refractivity (Wildman–Crippen MR) is 90.3 cm³/mol. The number of carbonyl (C=O) groups is 2. The smallest absolute Gasteiger partial charge is 0.282 e. The van der Waals surface area contributed by atoms with Gasteiger partial charge in [-0.2, -0.15) is 0 Å². The van der Waals surface area contributed by atoms with E-state index >= 15 is 0 Å². The molecular weight excluding hydrogens is 316 g/mol. The van der Waals surface area contributed by atoms with Crippen LogP contribution in [0, 0.1) is 6.92 Å². The highest BCUT2D eigenvalue weighted by Gasteiger charge is 2.24. The molecule has 0 radical (unpaired) electrons. The van der Waals surface area contributed by atoms with Gasteiger partial charge in [0.1, 0.15) is 6.54 Å². The summed E-state index contributed by atoms with van der Waals surface area (Å²) in [4.78, 5) is 25.3. The second-order valence-corrected chi connectivity index (χ2v) is 6.44. The van der Waals surface area contributed by atoms with E-state index in [1.54, 1.807) is 19.1 Å². The molecule has 2 rings (SSSR count). The maximum Gasteiger partial charge on any atom is 0.282 e. The molecule has 0 aromatic heterocycles. The van der Waals surface area contributed by atoms with Crippen LogP contribution < -0.4 is 14.8 Å². The normalized spacial score (nSPS) is 15.5. The van der Waals surface area contributed by atoms with Crippen LogP contribution in [0.2, 0.25) is 0 Å². The molecule has 1 N–H and O–H groups in total. The number of thioether (sulfide) groups is 1. The van der Waals surface area contributed by atoms with Crippen LogP contribution in [0.3, 0.4) is 0 Å². The molecule has 126 valence electrons. The summed E-state index contributed by atoms with van der Waals surface area (Å²) < 4.78 is 10.6. The lowest BCUT2D eigenvalue weighted by atomic mass is 10.0. The molecule has 1 heterocycles. The van der Waals surface area contributed by atoms with E-state index in [1.807, 2.05) is 26.0 Å². The Bertz CT molecular complexity index is 606. The van der Waals surface area contributed by atoms with Crippen LogP contribution in [-0.2, 0) is 4.79 Å². The average molecular weight is 338 g/mol. The van der Waals surface area contributed by atoms with E-state index in [2.05, 4.69) is 5.32 Å². The molecule has 1 aromatic carbocycles. The summed E-state index contributed by atoms with van der Waals surface area (Å²) in [6.07, 6.45) is 0. The topological polar surface area (TPSA) is 67.9 Å². The van der Waals surface area contributed by atoms with E-state index in [-0.39, 0.29) is 23.7 Å². The van der Waals surface area contributed by atoms with Gasteiger partial charge in [0.15, 0.2) is 11.5 Å². The second kappa shape index (κ2) is 7.59. The number of hydrogen-bond donors (Lipinski definition) is 1. The quantitative estimate of drug-likeness (QED) is 0.862. The van der Waals surface area contributed by atoms with Gasteiger partial charge >= 0.3 is 0 Å². The summed E-state index contributed by atoms with van der Waals surface area (Å²) in [6, 6.07) is 3.57. The zero-order chi connectivity index (χ0) is 17.0. The highest BCUT2D eigenvalue weighted by molar-refractivity contribution is 8.13. The summed E-state index contributed by atoms with van der Waals surface area (Å²) in [5.41, 5.74) is 1.96. The lowest BCUT2D eigenvalue weighted by Crippen LogP contribution is -2.38. The number of amides is 2. The number of benzene rings is 1. The molecule has 1 fully saturated rings. The zero-order valence-electron chi connectivity index (χ0n) is 13.8. The van der Waals surface area contributed by atoms with Crippen molar-refractivity contribution in [3.63, 3.8) is 0 Å². The van der Waals surface area contributed by atoms with Gasteiger partial charge < -0.3 is 19.7 Å². The highest BCUT2D eigenvalue weighted by atomic mass is 32.2. The van der Waals surface area contributed by atoms with Gasteiger partial charge in [-0.1, -0.05) is 11.8 Å². The summed E-state index contributed by atoms with van der Waals surface area (Å²) >= 11 is 1.25. The molecule has 1 saturated heterocycles. The van der Waals surface area contributed by atoms with Crippen LogP contribution in [0.15, 0.2) is 12.1 Å². The van der Waals surface area contributed by atoms with Crippen molar-refractivity contribution in [2.45, 2.75) is 19.9 Å². The van der Waals surface area contributed by atoms with Crippen LogP contribution in [0.5, 0.6) is 11.5 Å². The molecule has 0 unspecified atom stereocenters. The fraction of sp³-hybridized carbons (Fsp3) is 0.500. The molecule has 6 nitrogen and oxygen atoms in total. The monoisotopic (exact) mass is 338 g/mol. The van der Waals surface area contributed by atoms with Gasteiger partial charge in [0.25, 0.3) is 5.24 Å². The van der Waals surface area contributed by atoms with Crippen molar-refractivity contribution < 1.29 is 19.1 Å². The first-order valence-corrected chi connectivity index (χ1v) is 8.38. The molecule has 1 aliphatic rings. The molecule has 7 heteroatoms. The van der Waals surface area contributed by atoms with Crippen LogP contribution >= 0.6 is 11.8 Å². The van der Waals surface area contributed by atoms with E-state index in [1.165, 1.54) is 11.8 Å². The Morgan fingerprint density at radius 2 is 2.00 bits per heavy atom. The molecule has 0 aliphatic carbocycles. The van der Waals surface area contributed by atoms with Gasteiger partial charge in [-0.25, -0.2) is 0 Å². The van der Waals surface area contributed by atoms with E-state index < -0.39 is 0 Å². The molecule has 2 amide bonds. The third kappa shape index (κ3) is 4.10. The fourth-order valence-corrected chi connectivity index (χ4v) is 3.40. The Balaban J connectivity index is 2.06. The van der Waals surface area contributed by atoms with Crippen LogP contribution in [0.1, 0.15) is 24.1 Å². The Labute approximate surface area is 140 Å². The number of nitrogens with one attached hydrogen (secondary N) is 1. The Kier molecular flexibility index (Phi) is 5.76. The summed E-state index contributed by atoms with van der Waals surface area (Å²) in [6.45, 7) is 4.59. The molecule has 0 spiro atoms. The van der Waals surface area contributed by atoms with Crippen LogP contribution in [-0.4, -0.2) is 49.1 Å². The van der Waals surface area contributed by atoms with Gasteiger partial charge in [0, 0.05) is 12.3 Å². The summed E-state index contributed by atoms with van der Waals surface area (Å²) in [5, 5.41) is 2.90. The van der Waals surface area contributed by atoms with E-state index in [0.29, 0.717) is 18.0 Å². The highest BCUT2D eigenvalue weighted by Crippen LogP contribution is 2.32. The first-order valence-electron chi connectivity index (χ1n) is 7.39. The Hall–Kier alpha value is -1.89. The van der Waals surface area contributed by atoms with E-state index in [4.69, 9.17) is 9.47 Å². The van der Waals surface area contributed by atoms with Crippen molar-refractivity contribution in [2.75, 3.05) is 33.1 Å². The SMILES string of the molecule is COc1cc(C)c([C@@H](C)NC(=O)CN2CCSC2=O)cc1OC. The number of methoxy groups -OCH3 is 2. The van der Waals surface area contributed by atoms with Crippen molar-refractivity contribution in [3.8, 4) is 11.5 Å². The molecule has 0 bridgehead atoms. The number of carbonyl (C=O) groups excluding carboxylic acids is 2. The van der Waals surface area contributed by atoms with Gasteiger partial charge in [-0.05, 0) is 37.1 Å². The molecule has 1 aromatic rings. The van der Waals surface area contributed by atoms with E-state index in [0.717, 1.165) is 16.9 Å². The van der Waals surface area contributed by atoms with Gasteiger partial charge in [0.2, 0.25) is 5.91 Å². The lowest BCUT2D eigenvalue weighted by Gasteiger charge is -2.21. The minimum Gasteiger partial charge on any atom is -0.493 e. The van der Waals surface area contributed by atoms with Crippen molar-refractivity contribution in [1.29, 1.82) is 0 Å². The average Bonchev–Trinajstić information content (AvgIpc) is 2.91. The fourth-order valence-electron chi connectivity index (χ4n) is 2.57. The first-order chi connectivity index (χ1) is 11.0. The van der Waals surface area contributed by atoms with Crippen molar-refractivity contribution in [3.05, 3.63) is 23.3 Å². The molecule has 23 heavy (non-hydrogen) atoms. The van der Waals surface area contributed by atoms with Crippen molar-refractivity contribution in [2.24, 2.45) is 0 Å². The molecule has 1 atom stereocenters. The standard InChI is InChI=1S/C16H22N2O4S/c1-10-7-13(21-3)14(22-4)8-12(10)11(2)17-15(19)9-18-5-6-23-16(18)20/h7-8,11H,5-6,9H2,1-4H3,(H,17,19)/t11-/m1/s1. The zero-order valence-corrected chi connectivity index (χ0v) is 14.7. The maximum absolute atomic E-state index is 12.1. The van der Waals surface area contributed by atoms with Crippen molar-refractivity contribution in [1.82, 2.24) is 10.2 Å². The second-order valence-electron chi connectivity index (χ2n) is 5.39.